The number of urea groups is 1. The van der Waals surface area contributed by atoms with Crippen LogP contribution in [0.3, 0.4) is 0 Å². The number of hydrogen-bond donors (Lipinski definition) is 1. The summed E-state index contributed by atoms with van der Waals surface area (Å²) in [5, 5.41) is 11.8. The zero-order valence-corrected chi connectivity index (χ0v) is 18.8. The van der Waals surface area contributed by atoms with Crippen molar-refractivity contribution < 1.29 is 14.4 Å². The lowest BCUT2D eigenvalue weighted by atomic mass is 9.88. The quantitative estimate of drug-likeness (QED) is 0.710. The first-order valence-electron chi connectivity index (χ1n) is 11.9. The molecule has 7 nitrogen and oxygen atoms in total. The minimum absolute atomic E-state index is 0.114. The molecule has 7 heteroatoms. The predicted molar refractivity (Wildman–Crippen MR) is 119 cm³/mol. The Labute approximate surface area is 189 Å². The van der Waals surface area contributed by atoms with Crippen LogP contribution in [0.15, 0.2) is 24.3 Å². The van der Waals surface area contributed by atoms with Crippen LogP contribution in [-0.2, 0) is 15.1 Å². The van der Waals surface area contributed by atoms with Crippen LogP contribution in [0.2, 0.25) is 0 Å². The van der Waals surface area contributed by atoms with Gasteiger partial charge in [-0.25, -0.2) is 4.79 Å². The van der Waals surface area contributed by atoms with Gasteiger partial charge in [-0.1, -0.05) is 50.7 Å². The first-order valence-corrected chi connectivity index (χ1v) is 11.9. The van der Waals surface area contributed by atoms with Gasteiger partial charge < -0.3 is 10.2 Å². The van der Waals surface area contributed by atoms with Gasteiger partial charge in [-0.2, -0.15) is 5.26 Å². The zero-order valence-electron chi connectivity index (χ0n) is 18.8. The molecule has 3 fully saturated rings. The molecule has 1 heterocycles. The molecule has 0 radical (unpaired) electrons. The summed E-state index contributed by atoms with van der Waals surface area (Å²) in [6.07, 6.45) is 10.9. The molecule has 170 valence electrons. The van der Waals surface area contributed by atoms with Gasteiger partial charge in [-0.3, -0.25) is 14.5 Å². The van der Waals surface area contributed by atoms with Gasteiger partial charge in [0.25, 0.3) is 5.91 Å². The maximum absolute atomic E-state index is 13.5. The van der Waals surface area contributed by atoms with E-state index in [1.165, 1.54) is 12.8 Å². The third-order valence-electron chi connectivity index (χ3n) is 7.38. The smallest absolute Gasteiger partial charge is 0.325 e. The summed E-state index contributed by atoms with van der Waals surface area (Å²) >= 11 is 0. The molecule has 3 aliphatic rings. The van der Waals surface area contributed by atoms with Crippen molar-refractivity contribution in [1.29, 1.82) is 5.26 Å². The van der Waals surface area contributed by atoms with E-state index in [-0.39, 0.29) is 24.5 Å². The molecule has 0 aromatic heterocycles. The average Bonchev–Trinajstić information content (AvgIpc) is 3.04. The number of imide groups is 1. The van der Waals surface area contributed by atoms with E-state index in [2.05, 4.69) is 11.4 Å². The molecule has 1 N–H and O–H groups in total. The molecule has 2 aliphatic carbocycles. The van der Waals surface area contributed by atoms with Crippen molar-refractivity contribution >= 4 is 17.8 Å². The van der Waals surface area contributed by atoms with Crippen LogP contribution in [0.4, 0.5) is 4.79 Å². The van der Waals surface area contributed by atoms with Gasteiger partial charge in [0.15, 0.2) is 0 Å². The predicted octanol–water partition coefficient (Wildman–Crippen LogP) is 3.82. The first kappa shape index (κ1) is 22.3. The lowest BCUT2D eigenvalue weighted by Gasteiger charge is -2.42. The highest BCUT2D eigenvalue weighted by Gasteiger charge is 2.50. The first-order chi connectivity index (χ1) is 15.4. The number of nitrogens with zero attached hydrogens (tertiary/aromatic N) is 3. The van der Waals surface area contributed by atoms with Crippen molar-refractivity contribution in [1.82, 2.24) is 15.1 Å². The van der Waals surface area contributed by atoms with Crippen LogP contribution < -0.4 is 5.32 Å². The molecule has 4 amide bonds. The summed E-state index contributed by atoms with van der Waals surface area (Å²) in [5.74, 6) is -0.538. The van der Waals surface area contributed by atoms with E-state index >= 15 is 0 Å². The molecule has 4 rings (SSSR count). The lowest BCUT2D eigenvalue weighted by molar-refractivity contribution is -0.143. The second-order valence-electron chi connectivity index (χ2n) is 9.52. The Balaban J connectivity index is 1.53. The second-order valence-corrected chi connectivity index (χ2v) is 9.52. The van der Waals surface area contributed by atoms with E-state index < -0.39 is 17.5 Å². The Morgan fingerprint density at radius 1 is 1.03 bits per heavy atom. The summed E-state index contributed by atoms with van der Waals surface area (Å²) in [7, 11) is 0. The van der Waals surface area contributed by atoms with Crippen LogP contribution in [0, 0.1) is 11.3 Å². The molecule has 0 bridgehead atoms. The van der Waals surface area contributed by atoms with E-state index in [9.17, 15) is 14.4 Å². The van der Waals surface area contributed by atoms with Crippen LogP contribution in [-0.4, -0.2) is 46.3 Å². The normalized spacial score (nSPS) is 24.8. The highest BCUT2D eigenvalue weighted by Crippen LogP contribution is 2.32. The van der Waals surface area contributed by atoms with Gasteiger partial charge in [0.2, 0.25) is 5.91 Å². The van der Waals surface area contributed by atoms with Gasteiger partial charge in [-0.15, -0.1) is 0 Å². The van der Waals surface area contributed by atoms with Gasteiger partial charge in [-0.05, 0) is 50.3 Å². The fourth-order valence-corrected chi connectivity index (χ4v) is 5.56. The number of carbonyl (C=O) groups is 3. The number of nitriles is 1. The molecule has 32 heavy (non-hydrogen) atoms. The number of rotatable bonds is 5. The van der Waals surface area contributed by atoms with E-state index in [0.717, 1.165) is 56.3 Å². The molecule has 1 aliphatic heterocycles. The molecule has 0 spiro atoms. The molecule has 2 saturated carbocycles. The number of hydrogen-bond acceptors (Lipinski definition) is 4. The second kappa shape index (κ2) is 9.32. The molecule has 1 saturated heterocycles. The van der Waals surface area contributed by atoms with Crippen molar-refractivity contribution in [2.75, 3.05) is 6.54 Å². The number of nitrogens with one attached hydrogen (secondary N) is 1. The van der Waals surface area contributed by atoms with Gasteiger partial charge >= 0.3 is 6.03 Å². The average molecular weight is 437 g/mol. The summed E-state index contributed by atoms with van der Waals surface area (Å²) in [4.78, 5) is 42.7. The highest BCUT2D eigenvalue weighted by molar-refractivity contribution is 6.09. The van der Waals surface area contributed by atoms with Gasteiger partial charge in [0, 0.05) is 12.1 Å². The third-order valence-corrected chi connectivity index (χ3v) is 7.38. The lowest BCUT2D eigenvalue weighted by Crippen LogP contribution is -2.53. The molecule has 1 aromatic carbocycles. The fourth-order valence-electron chi connectivity index (χ4n) is 5.56. The Morgan fingerprint density at radius 3 is 2.06 bits per heavy atom. The Kier molecular flexibility index (Phi) is 6.50. The van der Waals surface area contributed by atoms with E-state index in [4.69, 9.17) is 5.26 Å². The largest absolute Gasteiger partial charge is 0.335 e. The topological polar surface area (TPSA) is 93.5 Å². The molecular weight excluding hydrogens is 404 g/mol. The van der Waals surface area contributed by atoms with Crippen LogP contribution in [0.5, 0.6) is 0 Å². The van der Waals surface area contributed by atoms with Crippen molar-refractivity contribution in [3.05, 3.63) is 35.4 Å². The molecule has 1 aromatic rings. The zero-order chi connectivity index (χ0) is 22.7. The third kappa shape index (κ3) is 4.23. The van der Waals surface area contributed by atoms with Gasteiger partial charge in [0.1, 0.15) is 12.1 Å². The van der Waals surface area contributed by atoms with E-state index in [1.807, 2.05) is 4.90 Å². The van der Waals surface area contributed by atoms with Crippen molar-refractivity contribution in [2.45, 2.75) is 88.8 Å². The summed E-state index contributed by atoms with van der Waals surface area (Å²) < 4.78 is 0. The number of benzene rings is 1. The highest BCUT2D eigenvalue weighted by atomic mass is 16.2. The molecule has 1 unspecified atom stereocenters. The van der Waals surface area contributed by atoms with Crippen molar-refractivity contribution in [3.8, 4) is 6.07 Å². The minimum atomic E-state index is -1.24. The van der Waals surface area contributed by atoms with E-state index in [0.29, 0.717) is 11.1 Å². The fraction of sp³-hybridized carbons (Fsp3) is 0.600. The maximum Gasteiger partial charge on any atom is 0.325 e. The van der Waals surface area contributed by atoms with Gasteiger partial charge in [0.05, 0.1) is 11.6 Å². The Hall–Kier alpha value is -2.88. The van der Waals surface area contributed by atoms with Crippen LogP contribution in [0.1, 0.15) is 82.3 Å². The SMILES string of the molecule is CC1(c2ccc(C#N)cc2)NC(=O)N(CC(=O)N(C2CCCCC2)C2CCCCC2)C1=O. The van der Waals surface area contributed by atoms with Crippen LogP contribution >= 0.6 is 0 Å². The minimum Gasteiger partial charge on any atom is -0.335 e. The van der Waals surface area contributed by atoms with Crippen LogP contribution in [0.25, 0.3) is 0 Å². The molecular formula is C25H32N4O3. The summed E-state index contributed by atoms with van der Waals surface area (Å²) in [5.41, 5.74) is -0.163. The monoisotopic (exact) mass is 436 g/mol. The molecule has 1 atom stereocenters. The van der Waals surface area contributed by atoms with Crippen molar-refractivity contribution in [2.24, 2.45) is 0 Å². The number of amides is 4. The Morgan fingerprint density at radius 2 is 1.56 bits per heavy atom. The summed E-state index contributed by atoms with van der Waals surface area (Å²) in [6.45, 7) is 1.43. The van der Waals surface area contributed by atoms with E-state index in [1.54, 1.807) is 31.2 Å². The maximum atomic E-state index is 13.5. The van der Waals surface area contributed by atoms with Crippen molar-refractivity contribution in [3.63, 3.8) is 0 Å². The summed E-state index contributed by atoms with van der Waals surface area (Å²) in [6, 6.07) is 8.55. The Bertz CT molecular complexity index is 892. The standard InChI is InChI=1S/C25H32N4O3/c1-25(19-14-12-18(16-26)13-15-19)23(31)28(24(32)27-25)17-22(30)29(20-8-4-2-5-9-20)21-10-6-3-7-11-21/h12-15,20-21H,2-11,17H2,1H3,(H,27,32). The number of carbonyl (C=O) groups excluding carboxylic acids is 3.